The fourth-order valence-electron chi connectivity index (χ4n) is 1.27. The summed E-state index contributed by atoms with van der Waals surface area (Å²) < 4.78 is 12.6. The van der Waals surface area contributed by atoms with Crippen LogP contribution in [0.4, 0.5) is 4.39 Å². The molecular weight excluding hydrogens is 185 g/mol. The van der Waals surface area contributed by atoms with E-state index in [1.807, 2.05) is 0 Å². The fourth-order valence-corrected chi connectivity index (χ4v) is 1.27. The summed E-state index contributed by atoms with van der Waals surface area (Å²) in [6.45, 7) is 2.19. The van der Waals surface area contributed by atoms with Gasteiger partial charge in [0.15, 0.2) is 6.30 Å². The zero-order valence-corrected chi connectivity index (χ0v) is 7.80. The summed E-state index contributed by atoms with van der Waals surface area (Å²) in [7, 11) is 0. The van der Waals surface area contributed by atoms with Crippen molar-refractivity contribution in [3.8, 4) is 0 Å². The molecule has 0 spiro atoms. The van der Waals surface area contributed by atoms with Crippen LogP contribution in [0, 0.1) is 0 Å². The van der Waals surface area contributed by atoms with Crippen molar-refractivity contribution >= 4 is 12.4 Å². The summed E-state index contributed by atoms with van der Waals surface area (Å²) in [5.74, 6) is 0. The Hall–Kier alpha value is 0.1000. The van der Waals surface area contributed by atoms with E-state index in [1.165, 1.54) is 11.8 Å². The van der Waals surface area contributed by atoms with E-state index >= 15 is 0 Å². The lowest BCUT2D eigenvalue weighted by atomic mass is 10.1. The maximum absolute atomic E-state index is 12.6. The van der Waals surface area contributed by atoms with Crippen molar-refractivity contribution in [2.75, 3.05) is 13.1 Å². The predicted molar refractivity (Wildman–Crippen MR) is 46.0 cm³/mol. The number of hydrogen-bond donors (Lipinski definition) is 2. The minimum atomic E-state index is -1.03. The summed E-state index contributed by atoms with van der Waals surface area (Å²) in [6, 6.07) is 0. The van der Waals surface area contributed by atoms with Gasteiger partial charge in [0.2, 0.25) is 0 Å². The summed E-state index contributed by atoms with van der Waals surface area (Å²) in [4.78, 5) is 1.51. The smallest absolute Gasteiger partial charge is 0.150 e. The number of aliphatic hydroxyl groups excluding tert-OH is 2. The molecule has 0 saturated carbocycles. The third kappa shape index (κ3) is 2.86. The monoisotopic (exact) mass is 199 g/mol. The zero-order chi connectivity index (χ0) is 8.43. The Labute approximate surface area is 77.6 Å². The molecule has 0 bridgehead atoms. The van der Waals surface area contributed by atoms with Crippen molar-refractivity contribution < 1.29 is 14.6 Å². The Balaban J connectivity index is 0.00000121. The maximum Gasteiger partial charge on any atom is 0.150 e. The summed E-state index contributed by atoms with van der Waals surface area (Å²) in [6.07, 6.45) is -2.04. The number of rotatable bonds is 1. The molecule has 3 nitrogen and oxygen atoms in total. The van der Waals surface area contributed by atoms with Crippen LogP contribution in [0.3, 0.4) is 0 Å². The Bertz CT molecular complexity index is 137. The number of nitrogens with zero attached hydrogens (tertiary/aromatic N) is 1. The number of likely N-dealkylation sites (tertiary alicyclic amines) is 1. The van der Waals surface area contributed by atoms with E-state index in [1.54, 1.807) is 0 Å². The van der Waals surface area contributed by atoms with Crippen molar-refractivity contribution in [3.63, 3.8) is 0 Å². The first-order chi connectivity index (χ1) is 5.11. The Morgan fingerprint density at radius 3 is 2.42 bits per heavy atom. The van der Waals surface area contributed by atoms with Crippen LogP contribution >= 0.6 is 12.4 Å². The van der Waals surface area contributed by atoms with Crippen LogP contribution in [0.5, 0.6) is 0 Å². The van der Waals surface area contributed by atoms with Crippen LogP contribution in [-0.4, -0.2) is 46.7 Å². The molecule has 0 aromatic heterocycles. The van der Waals surface area contributed by atoms with E-state index in [0.717, 1.165) is 0 Å². The third-order valence-corrected chi connectivity index (χ3v) is 2.08. The highest BCUT2D eigenvalue weighted by Gasteiger charge is 2.27. The van der Waals surface area contributed by atoms with Gasteiger partial charge in [-0.05, 0) is 13.3 Å². The molecule has 1 fully saturated rings. The van der Waals surface area contributed by atoms with Gasteiger partial charge < -0.3 is 10.2 Å². The van der Waals surface area contributed by atoms with Gasteiger partial charge in [-0.2, -0.15) is 0 Å². The van der Waals surface area contributed by atoms with Crippen LogP contribution in [0.15, 0.2) is 0 Å². The first-order valence-corrected chi connectivity index (χ1v) is 3.85. The Morgan fingerprint density at radius 2 is 2.00 bits per heavy atom. The number of β-amino-alcohol motifs (C(OH)–C–C–N with tert-alkyl or cyclic N) is 1. The van der Waals surface area contributed by atoms with Crippen molar-refractivity contribution in [2.24, 2.45) is 0 Å². The van der Waals surface area contributed by atoms with E-state index in [2.05, 4.69) is 0 Å². The lowest BCUT2D eigenvalue weighted by molar-refractivity contribution is -0.0646. The van der Waals surface area contributed by atoms with Gasteiger partial charge >= 0.3 is 0 Å². The van der Waals surface area contributed by atoms with Gasteiger partial charge in [-0.3, -0.25) is 4.90 Å². The van der Waals surface area contributed by atoms with Crippen molar-refractivity contribution in [3.05, 3.63) is 0 Å². The number of alkyl halides is 1. The lowest BCUT2D eigenvalue weighted by Gasteiger charge is -2.33. The molecule has 2 N–H and O–H groups in total. The molecule has 74 valence electrons. The van der Waals surface area contributed by atoms with Crippen molar-refractivity contribution in [2.45, 2.75) is 31.8 Å². The van der Waals surface area contributed by atoms with Crippen LogP contribution in [-0.2, 0) is 0 Å². The minimum Gasteiger partial charge on any atom is -0.390 e. The van der Waals surface area contributed by atoms with Crippen LogP contribution in [0.1, 0.15) is 13.3 Å². The van der Waals surface area contributed by atoms with Crippen LogP contribution in [0.25, 0.3) is 0 Å². The lowest BCUT2D eigenvalue weighted by Crippen LogP contribution is -2.48. The molecule has 2 unspecified atom stereocenters. The second-order valence-electron chi connectivity index (χ2n) is 2.99. The predicted octanol–water partition coefficient (Wildman–Crippen LogP) is 0.151. The number of hydrogen-bond acceptors (Lipinski definition) is 3. The normalized spacial score (nSPS) is 34.0. The maximum atomic E-state index is 12.6. The second-order valence-corrected chi connectivity index (χ2v) is 2.99. The van der Waals surface area contributed by atoms with E-state index in [0.29, 0.717) is 13.0 Å². The van der Waals surface area contributed by atoms with Crippen molar-refractivity contribution in [1.82, 2.24) is 4.90 Å². The molecule has 0 aromatic carbocycles. The molecule has 1 aliphatic heterocycles. The molecule has 5 heteroatoms. The van der Waals surface area contributed by atoms with Crippen LogP contribution < -0.4 is 0 Å². The van der Waals surface area contributed by atoms with E-state index in [9.17, 15) is 4.39 Å². The zero-order valence-electron chi connectivity index (χ0n) is 6.98. The minimum absolute atomic E-state index is 0. The SMILES string of the molecule is C[C@H](F)N1CCC(O)C(O)C1.Cl. The molecule has 0 aliphatic carbocycles. The van der Waals surface area contributed by atoms with E-state index in [-0.39, 0.29) is 19.0 Å². The number of piperidine rings is 1. The van der Waals surface area contributed by atoms with Gasteiger partial charge in [0.05, 0.1) is 12.2 Å². The summed E-state index contributed by atoms with van der Waals surface area (Å²) in [5.41, 5.74) is 0. The Morgan fingerprint density at radius 1 is 1.42 bits per heavy atom. The Kier molecular flexibility index (Phi) is 5.01. The molecule has 1 aliphatic rings. The molecular formula is C7H15ClFNO2. The van der Waals surface area contributed by atoms with Crippen LogP contribution in [0.2, 0.25) is 0 Å². The topological polar surface area (TPSA) is 43.7 Å². The molecule has 1 rings (SSSR count). The van der Waals surface area contributed by atoms with Crippen molar-refractivity contribution in [1.29, 1.82) is 0 Å². The number of aliphatic hydroxyl groups is 2. The molecule has 0 aromatic rings. The highest BCUT2D eigenvalue weighted by molar-refractivity contribution is 5.85. The number of halogens is 2. The highest BCUT2D eigenvalue weighted by Crippen LogP contribution is 2.13. The first kappa shape index (κ1) is 12.1. The van der Waals surface area contributed by atoms with Gasteiger partial charge in [0, 0.05) is 13.1 Å². The molecule has 0 amide bonds. The third-order valence-electron chi connectivity index (χ3n) is 2.08. The molecule has 3 atom stereocenters. The molecule has 1 heterocycles. The van der Waals surface area contributed by atoms with E-state index < -0.39 is 18.5 Å². The highest BCUT2D eigenvalue weighted by atomic mass is 35.5. The molecule has 12 heavy (non-hydrogen) atoms. The average molecular weight is 200 g/mol. The largest absolute Gasteiger partial charge is 0.390 e. The average Bonchev–Trinajstić information content (AvgIpc) is 1.94. The van der Waals surface area contributed by atoms with E-state index in [4.69, 9.17) is 10.2 Å². The standard InChI is InChI=1S/C7H14FNO2.ClH/c1-5(8)9-3-2-6(10)7(11)4-9;/h5-7,10-11H,2-4H2,1H3;1H/t5-,6?,7?;/m1./s1. The molecule has 1 saturated heterocycles. The van der Waals surface area contributed by atoms with Gasteiger partial charge in [0.1, 0.15) is 0 Å². The summed E-state index contributed by atoms with van der Waals surface area (Å²) >= 11 is 0. The quantitative estimate of drug-likeness (QED) is 0.591. The van der Waals surface area contributed by atoms with Gasteiger partial charge in [0.25, 0.3) is 0 Å². The fraction of sp³-hybridized carbons (Fsp3) is 1.00. The summed E-state index contributed by atoms with van der Waals surface area (Å²) in [5, 5.41) is 18.2. The van der Waals surface area contributed by atoms with Gasteiger partial charge in [-0.25, -0.2) is 4.39 Å². The second kappa shape index (κ2) is 4.97. The molecule has 0 radical (unpaired) electrons. The first-order valence-electron chi connectivity index (χ1n) is 3.85. The van der Waals surface area contributed by atoms with Gasteiger partial charge in [-0.15, -0.1) is 12.4 Å². The van der Waals surface area contributed by atoms with Gasteiger partial charge in [-0.1, -0.05) is 0 Å².